The van der Waals surface area contributed by atoms with Crippen LogP contribution in [-0.4, -0.2) is 0 Å². The molecule has 0 saturated carbocycles. The van der Waals surface area contributed by atoms with Crippen LogP contribution in [0.5, 0.6) is 0 Å². The van der Waals surface area contributed by atoms with Crippen molar-refractivity contribution < 1.29 is 0 Å². The molecule has 0 heteroatoms. The zero-order valence-corrected chi connectivity index (χ0v) is 16.1. The Morgan fingerprint density at radius 2 is 1.20 bits per heavy atom. The van der Waals surface area contributed by atoms with Gasteiger partial charge in [0.25, 0.3) is 0 Å². The average Bonchev–Trinajstić information content (AvgIpc) is 3.25. The molecule has 2 aromatic carbocycles. The predicted molar refractivity (Wildman–Crippen MR) is 108 cm³/mol. The molecular weight excluding hydrogens is 300 g/mol. The highest BCUT2D eigenvalue weighted by atomic mass is 14.5. The first-order valence-electron chi connectivity index (χ1n) is 10.0. The largest absolute Gasteiger partial charge is 0.0873 e. The second kappa shape index (κ2) is 6.16. The number of allylic oxidation sites excluding steroid dienone is 2. The smallest absolute Gasteiger partial charge is 0.0284 e. The van der Waals surface area contributed by atoms with Crippen molar-refractivity contribution >= 4 is 0 Å². The summed E-state index contributed by atoms with van der Waals surface area (Å²) >= 11 is 0. The van der Waals surface area contributed by atoms with Crippen LogP contribution in [0.2, 0.25) is 0 Å². The monoisotopic (exact) mass is 330 g/mol. The summed E-state index contributed by atoms with van der Waals surface area (Å²) in [5, 5.41) is 0. The van der Waals surface area contributed by atoms with E-state index in [0.717, 1.165) is 12.8 Å². The molecule has 0 N–H and O–H groups in total. The average molecular weight is 331 g/mol. The molecule has 2 atom stereocenters. The van der Waals surface area contributed by atoms with Crippen molar-refractivity contribution in [1.82, 2.24) is 0 Å². The molecule has 0 aromatic heterocycles. The van der Waals surface area contributed by atoms with Crippen molar-refractivity contribution in [2.75, 3.05) is 0 Å². The lowest BCUT2D eigenvalue weighted by molar-refractivity contribution is 0.569. The first-order valence-corrected chi connectivity index (χ1v) is 10.0. The molecule has 2 aliphatic carbocycles. The molecule has 130 valence electrons. The minimum absolute atomic E-state index is 0.192. The van der Waals surface area contributed by atoms with E-state index in [2.05, 4.69) is 76.2 Å². The first kappa shape index (κ1) is 16.6. The number of rotatable bonds is 4. The fraction of sp³-hybridized carbons (Fsp3) is 0.440. The van der Waals surface area contributed by atoms with E-state index >= 15 is 0 Å². The van der Waals surface area contributed by atoms with E-state index in [0.29, 0.717) is 11.8 Å². The minimum atomic E-state index is 0.192. The maximum Gasteiger partial charge on any atom is 0.0284 e. The van der Waals surface area contributed by atoms with E-state index in [4.69, 9.17) is 0 Å². The van der Waals surface area contributed by atoms with Crippen molar-refractivity contribution in [3.05, 3.63) is 70.8 Å². The van der Waals surface area contributed by atoms with Crippen LogP contribution in [-0.2, 0) is 5.41 Å². The highest BCUT2D eigenvalue weighted by molar-refractivity contribution is 5.82. The SMILES string of the molecule is CCC(C)c1ccc2c(c1)C1(CC=CC1)c1cc(C(C)CC)ccc1-2. The Kier molecular flexibility index (Phi) is 4.10. The second-order valence-electron chi connectivity index (χ2n) is 8.19. The molecule has 0 nitrogen and oxygen atoms in total. The molecular formula is C25H30. The Hall–Kier alpha value is -1.82. The van der Waals surface area contributed by atoms with E-state index in [-0.39, 0.29) is 5.41 Å². The highest BCUT2D eigenvalue weighted by Gasteiger charge is 2.43. The van der Waals surface area contributed by atoms with Crippen LogP contribution >= 0.6 is 0 Å². The molecule has 4 rings (SSSR count). The lowest BCUT2D eigenvalue weighted by atomic mass is 9.74. The molecule has 0 radical (unpaired) electrons. The summed E-state index contributed by atoms with van der Waals surface area (Å²) in [5.74, 6) is 1.27. The van der Waals surface area contributed by atoms with Crippen molar-refractivity contribution in [3.8, 4) is 11.1 Å². The Morgan fingerprint density at radius 3 is 1.60 bits per heavy atom. The van der Waals surface area contributed by atoms with Crippen molar-refractivity contribution in [1.29, 1.82) is 0 Å². The third-order valence-electron chi connectivity index (χ3n) is 6.87. The first-order chi connectivity index (χ1) is 12.1. The normalized spacial score (nSPS) is 19.0. The van der Waals surface area contributed by atoms with Crippen molar-refractivity contribution in [3.63, 3.8) is 0 Å². The molecule has 2 aliphatic rings. The van der Waals surface area contributed by atoms with Crippen LogP contribution in [0.25, 0.3) is 11.1 Å². The fourth-order valence-corrected chi connectivity index (χ4v) is 4.71. The van der Waals surface area contributed by atoms with Crippen LogP contribution < -0.4 is 0 Å². The van der Waals surface area contributed by atoms with Gasteiger partial charge < -0.3 is 0 Å². The predicted octanol–water partition coefficient (Wildman–Crippen LogP) is 7.33. The van der Waals surface area contributed by atoms with Gasteiger partial charge >= 0.3 is 0 Å². The van der Waals surface area contributed by atoms with Gasteiger partial charge in [-0.05, 0) is 70.9 Å². The minimum Gasteiger partial charge on any atom is -0.0873 e. The number of benzene rings is 2. The lowest BCUT2D eigenvalue weighted by Gasteiger charge is -2.28. The maximum absolute atomic E-state index is 2.53. The van der Waals surface area contributed by atoms with Gasteiger partial charge in [0.05, 0.1) is 0 Å². The Balaban J connectivity index is 1.90. The van der Waals surface area contributed by atoms with Crippen molar-refractivity contribution in [2.45, 2.75) is 70.6 Å². The molecule has 2 aromatic rings. The van der Waals surface area contributed by atoms with Gasteiger partial charge in [0.15, 0.2) is 0 Å². The second-order valence-corrected chi connectivity index (χ2v) is 8.19. The van der Waals surface area contributed by atoms with E-state index in [1.165, 1.54) is 35.1 Å². The molecule has 0 heterocycles. The third kappa shape index (κ3) is 2.41. The molecule has 2 unspecified atom stereocenters. The highest BCUT2D eigenvalue weighted by Crippen LogP contribution is 2.56. The summed E-state index contributed by atoms with van der Waals surface area (Å²) in [6.07, 6.45) is 9.50. The molecule has 1 spiro atoms. The standard InChI is InChI=1S/C25H30/c1-5-17(3)19-9-11-21-22-12-10-20(18(4)6-2)16-24(22)25(23(21)15-19)13-7-8-14-25/h7-12,15-18H,5-6,13-14H2,1-4H3. The van der Waals surface area contributed by atoms with Gasteiger partial charge in [-0.15, -0.1) is 0 Å². The number of hydrogen-bond donors (Lipinski definition) is 0. The molecule has 0 saturated heterocycles. The quantitative estimate of drug-likeness (QED) is 0.515. The van der Waals surface area contributed by atoms with Crippen LogP contribution in [0, 0.1) is 0 Å². The van der Waals surface area contributed by atoms with Crippen LogP contribution in [0.4, 0.5) is 0 Å². The molecule has 0 amide bonds. The number of fused-ring (bicyclic) bond motifs is 5. The van der Waals surface area contributed by atoms with Gasteiger partial charge in [0.2, 0.25) is 0 Å². The molecule has 25 heavy (non-hydrogen) atoms. The summed E-state index contributed by atoms with van der Waals surface area (Å²) in [6, 6.07) is 14.6. The zero-order chi connectivity index (χ0) is 17.6. The van der Waals surface area contributed by atoms with Crippen LogP contribution in [0.15, 0.2) is 48.6 Å². The van der Waals surface area contributed by atoms with Gasteiger partial charge in [-0.2, -0.15) is 0 Å². The van der Waals surface area contributed by atoms with Crippen molar-refractivity contribution in [2.24, 2.45) is 0 Å². The summed E-state index contributed by atoms with van der Waals surface area (Å²) in [7, 11) is 0. The van der Waals surface area contributed by atoms with E-state index in [1.54, 1.807) is 11.1 Å². The van der Waals surface area contributed by atoms with Gasteiger partial charge in [0, 0.05) is 5.41 Å². The van der Waals surface area contributed by atoms with Crippen LogP contribution in [0.3, 0.4) is 0 Å². The van der Waals surface area contributed by atoms with Gasteiger partial charge in [-0.1, -0.05) is 76.2 Å². The third-order valence-corrected chi connectivity index (χ3v) is 6.87. The van der Waals surface area contributed by atoms with Crippen LogP contribution in [0.1, 0.15) is 87.5 Å². The molecule has 0 bridgehead atoms. The lowest BCUT2D eigenvalue weighted by Crippen LogP contribution is -2.21. The topological polar surface area (TPSA) is 0 Å². The number of hydrogen-bond acceptors (Lipinski definition) is 0. The fourth-order valence-electron chi connectivity index (χ4n) is 4.71. The Morgan fingerprint density at radius 1 is 0.760 bits per heavy atom. The van der Waals surface area contributed by atoms with E-state index in [1.807, 2.05) is 0 Å². The van der Waals surface area contributed by atoms with E-state index in [9.17, 15) is 0 Å². The molecule has 0 fully saturated rings. The summed E-state index contributed by atoms with van der Waals surface area (Å²) in [4.78, 5) is 0. The molecule has 0 aliphatic heterocycles. The summed E-state index contributed by atoms with van der Waals surface area (Å²) in [5.41, 5.74) is 9.29. The van der Waals surface area contributed by atoms with E-state index < -0.39 is 0 Å². The Labute approximate surface area is 153 Å². The van der Waals surface area contributed by atoms with Gasteiger partial charge in [-0.25, -0.2) is 0 Å². The maximum atomic E-state index is 2.53. The zero-order valence-electron chi connectivity index (χ0n) is 16.1. The summed E-state index contributed by atoms with van der Waals surface area (Å²) < 4.78 is 0. The Bertz CT molecular complexity index is 754. The van der Waals surface area contributed by atoms with Gasteiger partial charge in [-0.3, -0.25) is 0 Å². The summed E-state index contributed by atoms with van der Waals surface area (Å²) in [6.45, 7) is 9.28. The van der Waals surface area contributed by atoms with Gasteiger partial charge in [0.1, 0.15) is 0 Å².